The molecule has 0 bridgehead atoms. The minimum atomic E-state index is -2.23. The van der Waals surface area contributed by atoms with Crippen LogP contribution < -0.4 is 10.6 Å². The molecule has 0 amide bonds. The van der Waals surface area contributed by atoms with Gasteiger partial charge in [0.05, 0.1) is 6.04 Å². The molecule has 0 fully saturated rings. The Labute approximate surface area is 169 Å². The summed E-state index contributed by atoms with van der Waals surface area (Å²) in [6, 6.07) is 18.1. The second-order valence-electron chi connectivity index (χ2n) is 6.20. The molecule has 3 rings (SSSR count). The van der Waals surface area contributed by atoms with E-state index >= 15 is 0 Å². The molecule has 2 nitrogen and oxygen atoms in total. The quantitative estimate of drug-likeness (QED) is 0.240. The number of thiocarbonyl (C=S) groups is 1. The van der Waals surface area contributed by atoms with Gasteiger partial charge in [0.1, 0.15) is 5.69 Å². The summed E-state index contributed by atoms with van der Waals surface area (Å²) < 4.78 is 67.8. The summed E-state index contributed by atoms with van der Waals surface area (Å²) in [6.45, 7) is 0. The first-order valence-electron chi connectivity index (χ1n) is 8.56. The van der Waals surface area contributed by atoms with Crippen molar-refractivity contribution in [3.63, 3.8) is 0 Å². The van der Waals surface area contributed by atoms with Gasteiger partial charge < -0.3 is 10.6 Å². The normalized spacial score (nSPS) is 11.8. The summed E-state index contributed by atoms with van der Waals surface area (Å²) in [5.41, 5.74) is 0.594. The highest BCUT2D eigenvalue weighted by atomic mass is 32.1. The Balaban J connectivity index is 1.84. The van der Waals surface area contributed by atoms with Crippen LogP contribution in [0.5, 0.6) is 0 Å². The number of hydrogen-bond acceptors (Lipinski definition) is 1. The monoisotopic (exact) mass is 422 g/mol. The minimum absolute atomic E-state index is 0.280. The van der Waals surface area contributed by atoms with E-state index in [0.29, 0.717) is 6.42 Å². The average Bonchev–Trinajstić information content (AvgIpc) is 2.75. The van der Waals surface area contributed by atoms with Crippen LogP contribution in [-0.2, 0) is 6.42 Å². The highest BCUT2D eigenvalue weighted by molar-refractivity contribution is 7.80. The predicted octanol–water partition coefficient (Wildman–Crippen LogP) is 5.65. The second-order valence-corrected chi connectivity index (χ2v) is 6.60. The molecule has 2 N–H and O–H groups in total. The Hall–Kier alpha value is -3.00. The zero-order valence-corrected chi connectivity index (χ0v) is 15.7. The van der Waals surface area contributed by atoms with E-state index in [4.69, 9.17) is 12.2 Å². The summed E-state index contributed by atoms with van der Waals surface area (Å²) in [7, 11) is 0. The molecule has 0 saturated carbocycles. The van der Waals surface area contributed by atoms with E-state index in [1.807, 2.05) is 60.7 Å². The van der Waals surface area contributed by atoms with E-state index in [2.05, 4.69) is 10.6 Å². The maximum Gasteiger partial charge on any atom is 0.200 e. The van der Waals surface area contributed by atoms with Gasteiger partial charge in [0, 0.05) is 0 Å². The molecule has 0 unspecified atom stereocenters. The molecule has 150 valence electrons. The Bertz CT molecular complexity index is 984. The fourth-order valence-corrected chi connectivity index (χ4v) is 3.05. The Morgan fingerprint density at radius 1 is 0.724 bits per heavy atom. The molecule has 3 aromatic carbocycles. The van der Waals surface area contributed by atoms with Gasteiger partial charge in [-0.15, -0.1) is 0 Å². The molecular weight excluding hydrogens is 407 g/mol. The number of nitrogens with one attached hydrogen (secondary N) is 2. The fraction of sp³-hybridized carbons (Fsp3) is 0.0952. The van der Waals surface area contributed by atoms with Crippen LogP contribution in [-0.4, -0.2) is 5.11 Å². The molecule has 0 aromatic heterocycles. The van der Waals surface area contributed by atoms with Crippen LogP contribution in [0.25, 0.3) is 0 Å². The molecular formula is C21H15F5N2S. The molecule has 0 aliphatic rings. The molecule has 0 radical (unpaired) electrons. The summed E-state index contributed by atoms with van der Waals surface area (Å²) >= 11 is 5.07. The Morgan fingerprint density at radius 3 is 1.76 bits per heavy atom. The molecule has 29 heavy (non-hydrogen) atoms. The van der Waals surface area contributed by atoms with Crippen molar-refractivity contribution >= 4 is 23.0 Å². The van der Waals surface area contributed by atoms with Crippen LogP contribution in [0.3, 0.4) is 0 Å². The van der Waals surface area contributed by atoms with Crippen molar-refractivity contribution in [2.45, 2.75) is 12.5 Å². The van der Waals surface area contributed by atoms with Crippen molar-refractivity contribution in [2.24, 2.45) is 0 Å². The smallest absolute Gasteiger partial charge is 0.200 e. The molecule has 0 heterocycles. The predicted molar refractivity (Wildman–Crippen MR) is 105 cm³/mol. The summed E-state index contributed by atoms with van der Waals surface area (Å²) in [5.74, 6) is -10.3. The lowest BCUT2D eigenvalue weighted by Crippen LogP contribution is -2.34. The lowest BCUT2D eigenvalue weighted by Gasteiger charge is -2.22. The summed E-state index contributed by atoms with van der Waals surface area (Å²) in [4.78, 5) is 0. The number of rotatable bonds is 5. The van der Waals surface area contributed by atoms with E-state index in [-0.39, 0.29) is 5.11 Å². The molecule has 3 aromatic rings. The first-order chi connectivity index (χ1) is 13.9. The van der Waals surface area contributed by atoms with Gasteiger partial charge in [-0.05, 0) is 29.8 Å². The number of anilines is 1. The molecule has 0 saturated heterocycles. The van der Waals surface area contributed by atoms with E-state index in [1.54, 1.807) is 0 Å². The van der Waals surface area contributed by atoms with E-state index in [0.717, 1.165) is 11.1 Å². The lowest BCUT2D eigenvalue weighted by molar-refractivity contribution is 0.382. The van der Waals surface area contributed by atoms with Crippen molar-refractivity contribution in [3.05, 3.63) is 101 Å². The van der Waals surface area contributed by atoms with Crippen LogP contribution >= 0.6 is 12.2 Å². The van der Waals surface area contributed by atoms with Gasteiger partial charge in [-0.25, -0.2) is 22.0 Å². The van der Waals surface area contributed by atoms with Crippen LogP contribution in [0.2, 0.25) is 0 Å². The van der Waals surface area contributed by atoms with Gasteiger partial charge in [0.15, 0.2) is 28.4 Å². The van der Waals surface area contributed by atoms with Crippen molar-refractivity contribution in [1.29, 1.82) is 0 Å². The van der Waals surface area contributed by atoms with Crippen molar-refractivity contribution < 1.29 is 22.0 Å². The molecule has 1 atom stereocenters. The van der Waals surface area contributed by atoms with Gasteiger partial charge in [-0.2, -0.15) is 0 Å². The molecule has 8 heteroatoms. The van der Waals surface area contributed by atoms with Gasteiger partial charge in [-0.1, -0.05) is 60.7 Å². The van der Waals surface area contributed by atoms with Crippen LogP contribution in [0, 0.1) is 29.1 Å². The van der Waals surface area contributed by atoms with Crippen LogP contribution in [0.4, 0.5) is 27.6 Å². The van der Waals surface area contributed by atoms with E-state index < -0.39 is 40.8 Å². The third kappa shape index (κ3) is 4.71. The number of benzene rings is 3. The van der Waals surface area contributed by atoms with Gasteiger partial charge in [0.2, 0.25) is 5.82 Å². The van der Waals surface area contributed by atoms with Gasteiger partial charge >= 0.3 is 0 Å². The minimum Gasteiger partial charge on any atom is -0.355 e. The Morgan fingerprint density at radius 2 is 1.21 bits per heavy atom. The van der Waals surface area contributed by atoms with Crippen molar-refractivity contribution in [2.75, 3.05) is 5.32 Å². The second kappa shape index (κ2) is 9.00. The maximum absolute atomic E-state index is 13.9. The average molecular weight is 422 g/mol. The van der Waals surface area contributed by atoms with Gasteiger partial charge in [0.25, 0.3) is 0 Å². The molecule has 0 aliphatic heterocycles. The first-order valence-corrected chi connectivity index (χ1v) is 8.97. The topological polar surface area (TPSA) is 24.1 Å². The van der Waals surface area contributed by atoms with Crippen molar-refractivity contribution in [3.8, 4) is 0 Å². The third-order valence-corrected chi connectivity index (χ3v) is 4.46. The largest absolute Gasteiger partial charge is 0.355 e. The fourth-order valence-electron chi connectivity index (χ4n) is 2.81. The lowest BCUT2D eigenvalue weighted by atomic mass is 9.99. The zero-order valence-electron chi connectivity index (χ0n) is 14.9. The third-order valence-electron chi connectivity index (χ3n) is 4.24. The SMILES string of the molecule is Fc1c(F)c(F)c(NC(=S)N[C@@H](Cc2ccccc2)c2ccccc2)c(F)c1F. The highest BCUT2D eigenvalue weighted by Crippen LogP contribution is 2.27. The Kier molecular flexibility index (Phi) is 6.43. The maximum atomic E-state index is 13.9. The van der Waals surface area contributed by atoms with Gasteiger partial charge in [-0.3, -0.25) is 0 Å². The van der Waals surface area contributed by atoms with E-state index in [1.165, 1.54) is 0 Å². The summed E-state index contributed by atoms with van der Waals surface area (Å²) in [6.07, 6.45) is 0.476. The first kappa shape index (κ1) is 20.7. The molecule has 0 aliphatic carbocycles. The highest BCUT2D eigenvalue weighted by Gasteiger charge is 2.26. The number of halogens is 5. The van der Waals surface area contributed by atoms with Crippen LogP contribution in [0.15, 0.2) is 60.7 Å². The zero-order chi connectivity index (χ0) is 21.0. The van der Waals surface area contributed by atoms with E-state index in [9.17, 15) is 22.0 Å². The number of hydrogen-bond donors (Lipinski definition) is 2. The standard InChI is InChI=1S/C21H15F5N2S/c22-15-16(23)18(25)20(19(26)17(15)24)28-21(29)27-14(13-9-5-2-6-10-13)11-12-7-3-1-4-8-12/h1-10,14H,11H2,(H2,27,28,29)/t14-/m0/s1. The molecule has 0 spiro atoms. The van der Waals surface area contributed by atoms with Crippen molar-refractivity contribution in [1.82, 2.24) is 5.32 Å². The summed E-state index contributed by atoms with van der Waals surface area (Å²) in [5, 5.41) is 4.70. The van der Waals surface area contributed by atoms with Crippen LogP contribution in [0.1, 0.15) is 17.2 Å².